The second kappa shape index (κ2) is 3.75. The number of carboxylic acids is 1. The second-order valence-corrected chi connectivity index (χ2v) is 3.12. The third kappa shape index (κ3) is 1.90. The predicted molar refractivity (Wildman–Crippen MR) is 43.6 cm³/mol. The molecule has 1 fully saturated rings. The maximum atomic E-state index is 10.3. The molecule has 1 aromatic heterocycles. The van der Waals surface area contributed by atoms with Crippen molar-refractivity contribution in [3.8, 4) is 0 Å². The van der Waals surface area contributed by atoms with Crippen molar-refractivity contribution in [2.45, 2.75) is 25.4 Å². The average Bonchev–Trinajstić information content (AvgIpc) is 2.69. The van der Waals surface area contributed by atoms with E-state index in [-0.39, 0.29) is 18.3 Å². The van der Waals surface area contributed by atoms with E-state index in [9.17, 15) is 4.79 Å². The van der Waals surface area contributed by atoms with Crippen LogP contribution in [0.2, 0.25) is 0 Å². The van der Waals surface area contributed by atoms with E-state index < -0.39 is 5.97 Å². The number of nitrogens with zero attached hydrogens (tertiary/aromatic N) is 2. The fraction of sp³-hybridized carbons (Fsp3) is 0.625. The topological polar surface area (TPSA) is 85.5 Å². The molecule has 1 atom stereocenters. The fourth-order valence-electron chi connectivity index (χ4n) is 1.38. The summed E-state index contributed by atoms with van der Waals surface area (Å²) >= 11 is 0. The van der Waals surface area contributed by atoms with Crippen LogP contribution in [-0.4, -0.2) is 27.8 Å². The molecule has 6 heteroatoms. The van der Waals surface area contributed by atoms with Crippen molar-refractivity contribution in [3.05, 3.63) is 11.7 Å². The molecular weight excluding hydrogens is 188 g/mol. The van der Waals surface area contributed by atoms with Crippen LogP contribution in [0.25, 0.3) is 0 Å². The molecule has 2 rings (SSSR count). The molecule has 1 saturated heterocycles. The Morgan fingerprint density at radius 3 is 3.14 bits per heavy atom. The van der Waals surface area contributed by atoms with Crippen LogP contribution < -0.4 is 0 Å². The van der Waals surface area contributed by atoms with Gasteiger partial charge in [-0.2, -0.15) is 4.98 Å². The Hall–Kier alpha value is -1.43. The number of carbonyl (C=O) groups is 1. The Balaban J connectivity index is 2.05. The van der Waals surface area contributed by atoms with Gasteiger partial charge in [-0.3, -0.25) is 4.79 Å². The summed E-state index contributed by atoms with van der Waals surface area (Å²) in [6, 6.07) is 0. The van der Waals surface area contributed by atoms with Gasteiger partial charge in [0.15, 0.2) is 5.82 Å². The Labute approximate surface area is 79.9 Å². The monoisotopic (exact) mass is 198 g/mol. The molecule has 1 unspecified atom stereocenters. The van der Waals surface area contributed by atoms with E-state index in [1.54, 1.807) is 0 Å². The van der Waals surface area contributed by atoms with Gasteiger partial charge in [-0.1, -0.05) is 5.16 Å². The van der Waals surface area contributed by atoms with Gasteiger partial charge in [-0.05, 0) is 12.8 Å². The predicted octanol–water partition coefficient (Wildman–Crippen LogP) is 0.548. The van der Waals surface area contributed by atoms with E-state index in [2.05, 4.69) is 10.1 Å². The molecule has 0 aromatic carbocycles. The van der Waals surface area contributed by atoms with Crippen molar-refractivity contribution in [2.24, 2.45) is 0 Å². The molecule has 0 saturated carbocycles. The highest BCUT2D eigenvalue weighted by atomic mass is 16.5. The van der Waals surface area contributed by atoms with Crippen LogP contribution in [0.3, 0.4) is 0 Å². The molecule has 1 N–H and O–H groups in total. The zero-order chi connectivity index (χ0) is 9.97. The molecule has 1 aliphatic heterocycles. The number of aromatic nitrogens is 2. The summed E-state index contributed by atoms with van der Waals surface area (Å²) in [5.74, 6) is -0.383. The third-order valence-electron chi connectivity index (χ3n) is 2.00. The van der Waals surface area contributed by atoms with Crippen molar-refractivity contribution in [2.75, 3.05) is 6.61 Å². The summed E-state index contributed by atoms with van der Waals surface area (Å²) in [7, 11) is 0. The number of ether oxygens (including phenoxy) is 1. The minimum absolute atomic E-state index is 0.148. The molecule has 1 aliphatic rings. The first-order valence-corrected chi connectivity index (χ1v) is 4.41. The smallest absolute Gasteiger partial charge is 0.311 e. The third-order valence-corrected chi connectivity index (χ3v) is 2.00. The summed E-state index contributed by atoms with van der Waals surface area (Å²) in [5, 5.41) is 12.0. The van der Waals surface area contributed by atoms with Crippen LogP contribution in [0.5, 0.6) is 0 Å². The van der Waals surface area contributed by atoms with Crippen molar-refractivity contribution in [3.63, 3.8) is 0 Å². The first kappa shape index (κ1) is 9.14. The molecule has 0 radical (unpaired) electrons. The number of hydrogen-bond acceptors (Lipinski definition) is 5. The SMILES string of the molecule is O=C(O)Cc1noc(C2CCCO2)n1. The highest BCUT2D eigenvalue weighted by Gasteiger charge is 2.24. The van der Waals surface area contributed by atoms with Crippen LogP contribution >= 0.6 is 0 Å². The summed E-state index contributed by atoms with van der Waals surface area (Å²) in [6.07, 6.45) is 1.47. The lowest BCUT2D eigenvalue weighted by molar-refractivity contribution is -0.136. The first-order chi connectivity index (χ1) is 6.75. The summed E-state index contributed by atoms with van der Waals surface area (Å²) in [6.45, 7) is 0.696. The van der Waals surface area contributed by atoms with Gasteiger partial charge in [0.2, 0.25) is 0 Å². The van der Waals surface area contributed by atoms with E-state index in [0.29, 0.717) is 12.5 Å². The van der Waals surface area contributed by atoms with Crippen molar-refractivity contribution in [1.82, 2.24) is 10.1 Å². The van der Waals surface area contributed by atoms with Gasteiger partial charge in [-0.15, -0.1) is 0 Å². The zero-order valence-corrected chi connectivity index (χ0v) is 7.47. The highest BCUT2D eigenvalue weighted by Crippen LogP contribution is 2.26. The van der Waals surface area contributed by atoms with E-state index >= 15 is 0 Å². The second-order valence-electron chi connectivity index (χ2n) is 3.12. The van der Waals surface area contributed by atoms with Crippen molar-refractivity contribution < 1.29 is 19.2 Å². The highest BCUT2D eigenvalue weighted by molar-refractivity contribution is 5.68. The minimum Gasteiger partial charge on any atom is -0.481 e. The Morgan fingerprint density at radius 1 is 1.64 bits per heavy atom. The lowest BCUT2D eigenvalue weighted by atomic mass is 10.2. The van der Waals surface area contributed by atoms with Gasteiger partial charge in [0.25, 0.3) is 5.89 Å². The van der Waals surface area contributed by atoms with E-state index in [1.165, 1.54) is 0 Å². The Bertz CT molecular complexity index is 330. The Morgan fingerprint density at radius 2 is 2.50 bits per heavy atom. The fourth-order valence-corrected chi connectivity index (χ4v) is 1.38. The lowest BCUT2D eigenvalue weighted by Crippen LogP contribution is -2.02. The maximum Gasteiger partial charge on any atom is 0.311 e. The molecule has 76 valence electrons. The summed E-state index contributed by atoms with van der Waals surface area (Å²) in [4.78, 5) is 14.3. The number of rotatable bonds is 3. The van der Waals surface area contributed by atoms with Gasteiger partial charge < -0.3 is 14.4 Å². The van der Waals surface area contributed by atoms with Crippen LogP contribution in [0.4, 0.5) is 0 Å². The van der Waals surface area contributed by atoms with Gasteiger partial charge in [0.1, 0.15) is 12.5 Å². The van der Waals surface area contributed by atoms with E-state index in [1.807, 2.05) is 0 Å². The van der Waals surface area contributed by atoms with E-state index in [0.717, 1.165) is 12.8 Å². The lowest BCUT2D eigenvalue weighted by Gasteiger charge is -2.00. The van der Waals surface area contributed by atoms with Crippen LogP contribution in [0.15, 0.2) is 4.52 Å². The van der Waals surface area contributed by atoms with Crippen LogP contribution in [0, 0.1) is 0 Å². The standard InChI is InChI=1S/C8H10N2O4/c11-7(12)4-6-9-8(14-10-6)5-2-1-3-13-5/h5H,1-4H2,(H,11,12). The average molecular weight is 198 g/mol. The van der Waals surface area contributed by atoms with Crippen molar-refractivity contribution in [1.29, 1.82) is 0 Å². The van der Waals surface area contributed by atoms with Gasteiger partial charge in [-0.25, -0.2) is 0 Å². The van der Waals surface area contributed by atoms with Crippen LogP contribution in [-0.2, 0) is 16.0 Å². The first-order valence-electron chi connectivity index (χ1n) is 4.41. The van der Waals surface area contributed by atoms with E-state index in [4.69, 9.17) is 14.4 Å². The minimum atomic E-state index is -0.968. The summed E-state index contributed by atoms with van der Waals surface area (Å²) < 4.78 is 10.2. The summed E-state index contributed by atoms with van der Waals surface area (Å²) in [5.41, 5.74) is 0. The molecule has 0 spiro atoms. The zero-order valence-electron chi connectivity index (χ0n) is 7.47. The molecule has 0 bridgehead atoms. The molecular formula is C8H10N2O4. The van der Waals surface area contributed by atoms with Gasteiger partial charge in [0.05, 0.1) is 0 Å². The number of hydrogen-bond donors (Lipinski definition) is 1. The normalized spacial score (nSPS) is 21.3. The molecule has 0 amide bonds. The molecule has 1 aromatic rings. The quantitative estimate of drug-likeness (QED) is 0.763. The van der Waals surface area contributed by atoms with Gasteiger partial charge in [0, 0.05) is 6.61 Å². The van der Waals surface area contributed by atoms with Crippen molar-refractivity contribution >= 4 is 5.97 Å². The maximum absolute atomic E-state index is 10.3. The van der Waals surface area contributed by atoms with Gasteiger partial charge >= 0.3 is 5.97 Å². The largest absolute Gasteiger partial charge is 0.481 e. The molecule has 0 aliphatic carbocycles. The Kier molecular flexibility index (Phi) is 2.45. The van der Waals surface area contributed by atoms with Crippen LogP contribution in [0.1, 0.15) is 30.7 Å². The molecule has 14 heavy (non-hydrogen) atoms. The number of carboxylic acid groups (broad SMARTS) is 1. The molecule has 2 heterocycles. The number of aliphatic carboxylic acids is 1. The molecule has 6 nitrogen and oxygen atoms in total.